The highest BCUT2D eigenvalue weighted by Crippen LogP contribution is 2.19. The molecular formula is C64H124O5. The molecule has 0 aliphatic carbocycles. The first-order valence-electron chi connectivity index (χ1n) is 31.7. The van der Waals surface area contributed by atoms with Gasteiger partial charge in [0.15, 0.2) is 6.10 Å². The van der Waals surface area contributed by atoms with E-state index in [1.54, 1.807) is 0 Å². The number of unbranched alkanes of at least 4 members (excludes halogenated alkanes) is 50. The third kappa shape index (κ3) is 59.1. The van der Waals surface area contributed by atoms with Gasteiger partial charge < -0.3 is 14.6 Å². The van der Waals surface area contributed by atoms with Crippen LogP contribution in [0.15, 0.2) is 12.2 Å². The maximum Gasteiger partial charge on any atom is 0.306 e. The number of aliphatic hydroxyl groups excluding tert-OH is 1. The molecule has 69 heavy (non-hydrogen) atoms. The highest BCUT2D eigenvalue weighted by atomic mass is 16.6. The van der Waals surface area contributed by atoms with Gasteiger partial charge in [-0.05, 0) is 38.5 Å². The molecule has 0 saturated carbocycles. The quantitative estimate of drug-likeness (QED) is 0.0373. The lowest BCUT2D eigenvalue weighted by Crippen LogP contribution is -2.28. The summed E-state index contributed by atoms with van der Waals surface area (Å²) < 4.78 is 10.7. The number of hydrogen-bond donors (Lipinski definition) is 1. The van der Waals surface area contributed by atoms with Crippen LogP contribution in [0.1, 0.15) is 367 Å². The molecule has 0 amide bonds. The second kappa shape index (κ2) is 60.9. The molecule has 0 bridgehead atoms. The predicted octanol–water partition coefficient (Wildman–Crippen LogP) is 21.5. The van der Waals surface area contributed by atoms with Crippen LogP contribution in [0.25, 0.3) is 0 Å². The standard InChI is InChI=1S/C64H124O5/c1-3-5-7-9-11-13-15-17-19-21-23-25-26-27-28-29-30-31-32-33-34-35-36-37-39-40-42-44-46-48-50-52-54-56-58-63(66)68-61-62(60-65)69-64(67)59-57-55-53-51-49-47-45-43-41-38-24-22-20-18-16-14-12-10-8-6-4-2/h22,24,62,65H,3-21,23,25-61H2,1-2H3/b24-22-. The van der Waals surface area contributed by atoms with Gasteiger partial charge in [0.25, 0.3) is 0 Å². The topological polar surface area (TPSA) is 72.8 Å². The number of rotatable bonds is 60. The fourth-order valence-electron chi connectivity index (χ4n) is 10.0. The molecule has 0 aliphatic heterocycles. The molecule has 5 heteroatoms. The fraction of sp³-hybridized carbons (Fsp3) is 0.938. The first-order chi connectivity index (χ1) is 34.1. The molecule has 0 spiro atoms. The zero-order valence-corrected chi connectivity index (χ0v) is 47.1. The summed E-state index contributed by atoms with van der Waals surface area (Å²) in [6.45, 7) is 4.20. The van der Waals surface area contributed by atoms with E-state index in [1.807, 2.05) is 0 Å². The number of esters is 2. The minimum absolute atomic E-state index is 0.0592. The highest BCUT2D eigenvalue weighted by Gasteiger charge is 2.16. The van der Waals surface area contributed by atoms with Crippen molar-refractivity contribution in [1.29, 1.82) is 0 Å². The average Bonchev–Trinajstić information content (AvgIpc) is 3.35. The lowest BCUT2D eigenvalue weighted by atomic mass is 10.0. The summed E-state index contributed by atoms with van der Waals surface area (Å²) in [6, 6.07) is 0. The minimum atomic E-state index is -0.769. The second-order valence-corrected chi connectivity index (χ2v) is 21.9. The Morgan fingerprint density at radius 3 is 0.783 bits per heavy atom. The number of ether oxygens (including phenoxy) is 2. The van der Waals surface area contributed by atoms with E-state index in [1.165, 1.54) is 308 Å². The molecule has 410 valence electrons. The Morgan fingerprint density at radius 1 is 0.319 bits per heavy atom. The molecule has 0 saturated heterocycles. The van der Waals surface area contributed by atoms with E-state index in [0.29, 0.717) is 12.8 Å². The number of aliphatic hydroxyl groups is 1. The van der Waals surface area contributed by atoms with E-state index in [2.05, 4.69) is 26.0 Å². The summed E-state index contributed by atoms with van der Waals surface area (Å²) >= 11 is 0. The van der Waals surface area contributed by atoms with E-state index in [0.717, 1.165) is 32.1 Å². The predicted molar refractivity (Wildman–Crippen MR) is 302 cm³/mol. The van der Waals surface area contributed by atoms with Crippen LogP contribution in [0.5, 0.6) is 0 Å². The van der Waals surface area contributed by atoms with E-state index in [4.69, 9.17) is 9.47 Å². The van der Waals surface area contributed by atoms with Crippen LogP contribution in [-0.2, 0) is 19.1 Å². The zero-order valence-electron chi connectivity index (χ0n) is 47.1. The Balaban J connectivity index is 3.37. The Bertz CT molecular complexity index is 1010. The van der Waals surface area contributed by atoms with Gasteiger partial charge in [-0.1, -0.05) is 328 Å². The smallest absolute Gasteiger partial charge is 0.306 e. The van der Waals surface area contributed by atoms with Gasteiger partial charge in [-0.25, -0.2) is 0 Å². The van der Waals surface area contributed by atoms with Crippen molar-refractivity contribution in [2.45, 2.75) is 373 Å². The van der Waals surface area contributed by atoms with Crippen molar-refractivity contribution in [3.05, 3.63) is 12.2 Å². The van der Waals surface area contributed by atoms with Crippen LogP contribution in [0.4, 0.5) is 0 Å². The molecule has 1 N–H and O–H groups in total. The molecule has 0 rings (SSSR count). The molecule has 1 unspecified atom stereocenters. The molecule has 5 nitrogen and oxygen atoms in total. The Hall–Kier alpha value is -1.36. The van der Waals surface area contributed by atoms with E-state index in [9.17, 15) is 14.7 Å². The van der Waals surface area contributed by atoms with E-state index < -0.39 is 6.10 Å². The maximum absolute atomic E-state index is 12.3. The minimum Gasteiger partial charge on any atom is -0.462 e. The number of allylic oxidation sites excluding steroid dienone is 2. The molecule has 0 aromatic heterocycles. The third-order valence-corrected chi connectivity index (χ3v) is 14.8. The number of hydrogen-bond acceptors (Lipinski definition) is 5. The molecular weight excluding hydrogens is 849 g/mol. The summed E-state index contributed by atoms with van der Waals surface area (Å²) in [5, 5.41) is 9.67. The monoisotopic (exact) mass is 973 g/mol. The molecule has 0 heterocycles. The third-order valence-electron chi connectivity index (χ3n) is 14.8. The molecule has 0 aromatic rings. The molecule has 0 aromatic carbocycles. The molecule has 0 radical (unpaired) electrons. The molecule has 0 aliphatic rings. The van der Waals surface area contributed by atoms with Crippen molar-refractivity contribution in [3.63, 3.8) is 0 Å². The summed E-state index contributed by atoms with van der Waals surface area (Å²) in [5.41, 5.74) is 0. The Kier molecular flexibility index (Phi) is 59.7. The van der Waals surface area contributed by atoms with Gasteiger partial charge in [-0.3, -0.25) is 9.59 Å². The summed E-state index contributed by atoms with van der Waals surface area (Å²) in [6.07, 6.45) is 76.6. The van der Waals surface area contributed by atoms with Crippen molar-refractivity contribution in [2.75, 3.05) is 13.2 Å². The second-order valence-electron chi connectivity index (χ2n) is 21.9. The summed E-state index contributed by atoms with van der Waals surface area (Å²) in [5.74, 6) is -0.569. The van der Waals surface area contributed by atoms with Crippen molar-refractivity contribution < 1.29 is 24.2 Å². The van der Waals surface area contributed by atoms with Crippen LogP contribution < -0.4 is 0 Å². The van der Waals surface area contributed by atoms with Gasteiger partial charge in [0.2, 0.25) is 0 Å². The average molecular weight is 974 g/mol. The Morgan fingerprint density at radius 2 is 0.536 bits per heavy atom. The largest absolute Gasteiger partial charge is 0.462 e. The highest BCUT2D eigenvalue weighted by molar-refractivity contribution is 5.70. The molecule has 1 atom stereocenters. The van der Waals surface area contributed by atoms with Crippen LogP contribution in [-0.4, -0.2) is 36.4 Å². The fourth-order valence-corrected chi connectivity index (χ4v) is 10.0. The SMILES string of the molecule is CCCCCCCCCC/C=C\CCCCCCCCCCCC(=O)OC(CO)COC(=O)CCCCCCCCCCCCCCCCCCCCCCCCCCCCCCCCCCCC. The van der Waals surface area contributed by atoms with Crippen LogP contribution in [0.2, 0.25) is 0 Å². The van der Waals surface area contributed by atoms with Gasteiger partial charge >= 0.3 is 11.9 Å². The van der Waals surface area contributed by atoms with Gasteiger partial charge in [0, 0.05) is 12.8 Å². The summed E-state index contributed by atoms with van der Waals surface area (Å²) in [4.78, 5) is 24.6. The van der Waals surface area contributed by atoms with Crippen molar-refractivity contribution in [3.8, 4) is 0 Å². The first-order valence-corrected chi connectivity index (χ1v) is 31.7. The zero-order chi connectivity index (χ0) is 49.9. The van der Waals surface area contributed by atoms with E-state index >= 15 is 0 Å². The number of carbonyl (C=O) groups is 2. The maximum atomic E-state index is 12.3. The lowest BCUT2D eigenvalue weighted by molar-refractivity contribution is -0.161. The normalized spacial score (nSPS) is 12.1. The van der Waals surface area contributed by atoms with Gasteiger partial charge in [0.1, 0.15) is 6.61 Å². The Labute approximate surface area is 432 Å². The van der Waals surface area contributed by atoms with Crippen molar-refractivity contribution in [2.24, 2.45) is 0 Å². The van der Waals surface area contributed by atoms with Crippen molar-refractivity contribution >= 4 is 11.9 Å². The van der Waals surface area contributed by atoms with Crippen LogP contribution >= 0.6 is 0 Å². The van der Waals surface area contributed by atoms with Gasteiger partial charge in [-0.2, -0.15) is 0 Å². The first kappa shape index (κ1) is 67.6. The van der Waals surface area contributed by atoms with E-state index in [-0.39, 0.29) is 25.2 Å². The van der Waals surface area contributed by atoms with Gasteiger partial charge in [0.05, 0.1) is 6.61 Å². The number of carbonyl (C=O) groups excluding carboxylic acids is 2. The van der Waals surface area contributed by atoms with Crippen molar-refractivity contribution in [1.82, 2.24) is 0 Å². The summed E-state index contributed by atoms with van der Waals surface area (Å²) in [7, 11) is 0. The van der Waals surface area contributed by atoms with Crippen LogP contribution in [0.3, 0.4) is 0 Å². The molecule has 0 fully saturated rings. The van der Waals surface area contributed by atoms with Crippen LogP contribution in [0, 0.1) is 0 Å². The lowest BCUT2D eigenvalue weighted by Gasteiger charge is -2.15. The van der Waals surface area contributed by atoms with Gasteiger partial charge in [-0.15, -0.1) is 0 Å².